The van der Waals surface area contributed by atoms with Gasteiger partial charge in [0.25, 0.3) is 0 Å². The molecule has 2 heterocycles. The van der Waals surface area contributed by atoms with Crippen LogP contribution in [-0.2, 0) is 4.79 Å². The lowest BCUT2D eigenvalue weighted by molar-refractivity contribution is -0.113. The minimum Gasteiger partial charge on any atom is -0.489 e. The maximum absolute atomic E-state index is 12.5. The van der Waals surface area contributed by atoms with Crippen LogP contribution in [0.4, 0.5) is 5.82 Å². The van der Waals surface area contributed by atoms with Crippen LogP contribution in [0.2, 0.25) is 0 Å². The summed E-state index contributed by atoms with van der Waals surface area (Å²) in [5, 5.41) is 15.6. The third kappa shape index (κ3) is 5.46. The van der Waals surface area contributed by atoms with Crippen molar-refractivity contribution in [2.75, 3.05) is 17.7 Å². The van der Waals surface area contributed by atoms with E-state index < -0.39 is 0 Å². The summed E-state index contributed by atoms with van der Waals surface area (Å²) in [6, 6.07) is 4.04. The number of amides is 1. The molecule has 29 heavy (non-hydrogen) atoms. The minimum absolute atomic E-state index is 0.141. The van der Waals surface area contributed by atoms with Crippen LogP contribution in [0.5, 0.6) is 5.75 Å². The van der Waals surface area contributed by atoms with E-state index in [0.717, 1.165) is 12.8 Å². The first kappa shape index (κ1) is 20.1. The van der Waals surface area contributed by atoms with Crippen molar-refractivity contribution in [3.63, 3.8) is 0 Å². The molecule has 0 bridgehead atoms. The quantitative estimate of drug-likeness (QED) is 0.653. The Labute approximate surface area is 175 Å². The molecule has 2 saturated carbocycles. The second-order valence-electron chi connectivity index (χ2n) is 7.85. The lowest BCUT2D eigenvalue weighted by Crippen LogP contribution is -2.19. The number of carbonyl (C=O) groups is 1. The van der Waals surface area contributed by atoms with Crippen molar-refractivity contribution in [2.24, 2.45) is 5.92 Å². The summed E-state index contributed by atoms with van der Waals surface area (Å²) in [6.07, 6.45) is 12.6. The normalized spacial score (nSPS) is 18.1. The number of ether oxygens (including phenoxy) is 1. The molecule has 4 rings (SSSR count). The van der Waals surface area contributed by atoms with Crippen LogP contribution < -0.4 is 10.1 Å². The van der Waals surface area contributed by atoms with Gasteiger partial charge in [0.1, 0.15) is 0 Å². The third-order valence-corrected chi connectivity index (χ3v) is 6.63. The average molecular weight is 417 g/mol. The number of aromatic nitrogens is 5. The molecule has 0 radical (unpaired) electrons. The van der Waals surface area contributed by atoms with Gasteiger partial charge >= 0.3 is 0 Å². The predicted octanol–water partition coefficient (Wildman–Crippen LogP) is 3.87. The van der Waals surface area contributed by atoms with E-state index in [1.54, 1.807) is 6.20 Å². The summed E-state index contributed by atoms with van der Waals surface area (Å²) in [7, 11) is 0. The molecular weight excluding hydrogens is 388 g/mol. The van der Waals surface area contributed by atoms with Crippen molar-refractivity contribution in [3.05, 3.63) is 18.3 Å². The molecule has 8 nitrogen and oxygen atoms in total. The number of anilines is 1. The Hall–Kier alpha value is -2.16. The van der Waals surface area contributed by atoms with Crippen LogP contribution in [0, 0.1) is 5.92 Å². The van der Waals surface area contributed by atoms with E-state index in [1.807, 2.05) is 16.8 Å². The van der Waals surface area contributed by atoms with Crippen molar-refractivity contribution >= 4 is 23.5 Å². The van der Waals surface area contributed by atoms with Gasteiger partial charge < -0.3 is 10.1 Å². The highest BCUT2D eigenvalue weighted by Gasteiger charge is 2.22. The van der Waals surface area contributed by atoms with E-state index in [2.05, 4.69) is 25.8 Å². The van der Waals surface area contributed by atoms with E-state index in [4.69, 9.17) is 4.74 Å². The van der Waals surface area contributed by atoms with Gasteiger partial charge in [0, 0.05) is 6.20 Å². The molecule has 2 aromatic rings. The van der Waals surface area contributed by atoms with Crippen molar-refractivity contribution < 1.29 is 9.53 Å². The highest BCUT2D eigenvalue weighted by Crippen LogP contribution is 2.31. The zero-order valence-electron chi connectivity index (χ0n) is 16.6. The maximum Gasteiger partial charge on any atom is 0.236 e. The van der Waals surface area contributed by atoms with Gasteiger partial charge in [-0.2, -0.15) is 0 Å². The molecule has 0 atom stereocenters. The Morgan fingerprint density at radius 1 is 1.17 bits per heavy atom. The van der Waals surface area contributed by atoms with Gasteiger partial charge in [0.05, 0.1) is 18.4 Å². The minimum atomic E-state index is -0.141. The Balaban J connectivity index is 1.30. The molecule has 0 saturated heterocycles. The fraction of sp³-hybridized carbons (Fsp3) is 0.650. The van der Waals surface area contributed by atoms with E-state index in [1.165, 1.54) is 56.7 Å². The predicted molar refractivity (Wildman–Crippen MR) is 111 cm³/mol. The van der Waals surface area contributed by atoms with Gasteiger partial charge in [-0.25, -0.2) is 9.67 Å². The summed E-state index contributed by atoms with van der Waals surface area (Å²) in [5.74, 6) is 1.79. The molecule has 2 aliphatic rings. The molecule has 2 aromatic heterocycles. The fourth-order valence-corrected chi connectivity index (χ4v) is 4.86. The van der Waals surface area contributed by atoms with E-state index in [-0.39, 0.29) is 11.7 Å². The van der Waals surface area contributed by atoms with Crippen LogP contribution in [0.1, 0.15) is 63.8 Å². The summed E-state index contributed by atoms with van der Waals surface area (Å²) in [6.45, 7) is 0.680. The Bertz CT molecular complexity index is 802. The smallest absolute Gasteiger partial charge is 0.236 e. The number of hydrogen-bond donors (Lipinski definition) is 1. The summed E-state index contributed by atoms with van der Waals surface area (Å²) in [5.41, 5.74) is 0. The molecule has 0 aliphatic heterocycles. The second-order valence-corrected chi connectivity index (χ2v) is 8.79. The van der Waals surface area contributed by atoms with Crippen molar-refractivity contribution in [3.8, 4) is 5.75 Å². The second kappa shape index (κ2) is 10.0. The summed E-state index contributed by atoms with van der Waals surface area (Å²) >= 11 is 1.36. The van der Waals surface area contributed by atoms with Crippen LogP contribution >= 0.6 is 11.8 Å². The van der Waals surface area contributed by atoms with Gasteiger partial charge in [0.2, 0.25) is 11.1 Å². The third-order valence-electron chi connectivity index (χ3n) is 5.69. The number of rotatable bonds is 8. The van der Waals surface area contributed by atoms with Crippen molar-refractivity contribution in [1.29, 1.82) is 0 Å². The maximum atomic E-state index is 12.5. The molecule has 2 aliphatic carbocycles. The summed E-state index contributed by atoms with van der Waals surface area (Å²) in [4.78, 5) is 16.8. The highest BCUT2D eigenvalue weighted by molar-refractivity contribution is 7.99. The number of carbonyl (C=O) groups excluding carboxylic acids is 1. The average Bonchev–Trinajstić information content (AvgIpc) is 3.44. The number of thioether (sulfide) groups is 1. The SMILES string of the molecule is O=C(CSc1nnnn1C1CCCC1)Nc1ncccc1OCC1CCCCC1. The number of nitrogens with zero attached hydrogens (tertiary/aromatic N) is 5. The zero-order valence-corrected chi connectivity index (χ0v) is 17.4. The largest absolute Gasteiger partial charge is 0.489 e. The van der Waals surface area contributed by atoms with Crippen molar-refractivity contribution in [2.45, 2.75) is 69.0 Å². The molecule has 0 aromatic carbocycles. The van der Waals surface area contributed by atoms with E-state index in [9.17, 15) is 4.79 Å². The molecule has 9 heteroatoms. The first-order chi connectivity index (χ1) is 14.3. The fourth-order valence-electron chi connectivity index (χ4n) is 4.12. The van der Waals surface area contributed by atoms with Gasteiger partial charge in [-0.05, 0) is 54.2 Å². The Morgan fingerprint density at radius 2 is 1.97 bits per heavy atom. The molecule has 0 unspecified atom stereocenters. The van der Waals surface area contributed by atoms with Gasteiger partial charge in [0.15, 0.2) is 11.6 Å². The molecule has 1 N–H and O–H groups in total. The van der Waals surface area contributed by atoms with E-state index >= 15 is 0 Å². The van der Waals surface area contributed by atoms with Gasteiger partial charge in [-0.1, -0.05) is 43.9 Å². The van der Waals surface area contributed by atoms with Crippen LogP contribution in [0.25, 0.3) is 0 Å². The molecule has 2 fully saturated rings. The first-order valence-corrected chi connectivity index (χ1v) is 11.6. The number of tetrazole rings is 1. The molecule has 156 valence electrons. The van der Waals surface area contributed by atoms with Crippen LogP contribution in [-0.4, -0.2) is 43.5 Å². The van der Waals surface area contributed by atoms with E-state index in [0.29, 0.717) is 35.3 Å². The molecular formula is C20H28N6O2S. The Morgan fingerprint density at radius 3 is 2.79 bits per heavy atom. The van der Waals surface area contributed by atoms with Crippen LogP contribution in [0.3, 0.4) is 0 Å². The topological polar surface area (TPSA) is 94.8 Å². The zero-order chi connectivity index (χ0) is 19.9. The number of nitrogens with one attached hydrogen (secondary N) is 1. The first-order valence-electron chi connectivity index (χ1n) is 10.6. The van der Waals surface area contributed by atoms with Crippen molar-refractivity contribution in [1.82, 2.24) is 25.2 Å². The molecule has 1 amide bonds. The highest BCUT2D eigenvalue weighted by atomic mass is 32.2. The lowest BCUT2D eigenvalue weighted by Gasteiger charge is -2.22. The molecule has 0 spiro atoms. The van der Waals surface area contributed by atoms with Gasteiger partial charge in [-0.15, -0.1) is 5.10 Å². The number of pyridine rings is 1. The number of hydrogen-bond acceptors (Lipinski definition) is 7. The standard InChI is InChI=1S/C20H28N6O2S/c27-18(14-29-20-23-24-25-26(20)16-9-4-5-10-16)22-19-17(11-6-12-21-19)28-13-15-7-2-1-3-8-15/h6,11-12,15-16H,1-5,7-10,13-14H2,(H,21,22,27). The van der Waals surface area contributed by atoms with Gasteiger partial charge in [-0.3, -0.25) is 4.79 Å². The lowest BCUT2D eigenvalue weighted by atomic mass is 9.90. The van der Waals surface area contributed by atoms with Crippen LogP contribution in [0.15, 0.2) is 23.5 Å². The summed E-state index contributed by atoms with van der Waals surface area (Å²) < 4.78 is 7.86. The Kier molecular flexibility index (Phi) is 6.97. The monoisotopic (exact) mass is 416 g/mol.